The van der Waals surface area contributed by atoms with Gasteiger partial charge in [0.1, 0.15) is 6.61 Å². The zero-order valence-corrected chi connectivity index (χ0v) is 12.2. The minimum atomic E-state index is 0.147. The Labute approximate surface area is 123 Å². The zero-order valence-electron chi connectivity index (χ0n) is 11.4. The topological polar surface area (TPSA) is 27.4 Å². The molecule has 1 aromatic carbocycles. The number of anilines is 1. The summed E-state index contributed by atoms with van der Waals surface area (Å²) in [6.07, 6.45) is 4.16. The Kier molecular flexibility index (Phi) is 3.76. The summed E-state index contributed by atoms with van der Waals surface area (Å²) in [5.74, 6) is 0. The van der Waals surface area contributed by atoms with Gasteiger partial charge in [-0.3, -0.25) is 0 Å². The van der Waals surface area contributed by atoms with E-state index in [0.29, 0.717) is 6.54 Å². The fourth-order valence-corrected chi connectivity index (χ4v) is 3.40. The first-order valence-corrected chi connectivity index (χ1v) is 7.43. The van der Waals surface area contributed by atoms with E-state index in [1.165, 1.54) is 15.6 Å². The molecule has 3 rings (SSSR count). The van der Waals surface area contributed by atoms with Crippen molar-refractivity contribution in [3.05, 3.63) is 59.4 Å². The van der Waals surface area contributed by atoms with Gasteiger partial charge >= 0.3 is 0 Å². The van der Waals surface area contributed by atoms with Crippen LogP contribution in [0.3, 0.4) is 0 Å². The number of pyridine rings is 1. The van der Waals surface area contributed by atoms with Crippen LogP contribution in [-0.2, 0) is 6.54 Å². The van der Waals surface area contributed by atoms with Crippen molar-refractivity contribution in [1.82, 2.24) is 0 Å². The lowest BCUT2D eigenvalue weighted by Crippen LogP contribution is -2.38. The molecular formula is C16H17N2OS+. The number of nitrogens with zero attached hydrogens (tertiary/aromatic N) is 2. The van der Waals surface area contributed by atoms with Gasteiger partial charge in [-0.1, -0.05) is 23.9 Å². The Bertz CT molecular complexity index is 654. The van der Waals surface area contributed by atoms with Gasteiger partial charge in [0, 0.05) is 30.2 Å². The van der Waals surface area contributed by atoms with Crippen LogP contribution < -0.4 is 9.47 Å². The maximum Gasteiger partial charge on any atom is 0.207 e. The fourth-order valence-electron chi connectivity index (χ4n) is 2.31. The summed E-state index contributed by atoms with van der Waals surface area (Å²) in [5.41, 5.74) is 2.34. The van der Waals surface area contributed by atoms with Crippen molar-refractivity contribution in [2.24, 2.45) is 0 Å². The molecular weight excluding hydrogens is 268 g/mol. The second-order valence-electron chi connectivity index (χ2n) is 4.65. The quantitative estimate of drug-likeness (QED) is 0.878. The lowest BCUT2D eigenvalue weighted by molar-refractivity contribution is -0.699. The average molecular weight is 285 g/mol. The van der Waals surface area contributed by atoms with Crippen molar-refractivity contribution < 1.29 is 9.67 Å². The highest BCUT2D eigenvalue weighted by atomic mass is 32.2. The molecule has 4 heteroatoms. The van der Waals surface area contributed by atoms with Gasteiger partial charge in [-0.15, -0.1) is 0 Å². The summed E-state index contributed by atoms with van der Waals surface area (Å²) in [5, 5.41) is 10.3. The minimum absolute atomic E-state index is 0.147. The molecule has 1 aromatic heterocycles. The lowest BCUT2D eigenvalue weighted by Gasteiger charge is -2.12. The van der Waals surface area contributed by atoms with Crippen LogP contribution in [0.4, 0.5) is 5.69 Å². The number of aliphatic hydroxyl groups excluding tert-OH is 1. The van der Waals surface area contributed by atoms with Crippen LogP contribution in [-0.4, -0.2) is 18.8 Å². The van der Waals surface area contributed by atoms with Gasteiger partial charge < -0.3 is 10.0 Å². The van der Waals surface area contributed by atoms with E-state index in [4.69, 9.17) is 5.11 Å². The molecule has 3 nitrogen and oxygen atoms in total. The van der Waals surface area contributed by atoms with Gasteiger partial charge in [0.25, 0.3) is 0 Å². The van der Waals surface area contributed by atoms with Crippen LogP contribution in [0.5, 0.6) is 0 Å². The van der Waals surface area contributed by atoms with E-state index in [9.17, 15) is 0 Å². The van der Waals surface area contributed by atoms with Gasteiger partial charge in [-0.05, 0) is 18.2 Å². The highest BCUT2D eigenvalue weighted by Gasteiger charge is 2.22. The van der Waals surface area contributed by atoms with Crippen molar-refractivity contribution in [2.75, 3.05) is 18.6 Å². The van der Waals surface area contributed by atoms with E-state index in [0.717, 1.165) is 5.69 Å². The van der Waals surface area contributed by atoms with Gasteiger partial charge in [-0.25, -0.2) is 0 Å². The Hall–Kier alpha value is -1.78. The number of benzene rings is 1. The predicted octanol–water partition coefficient (Wildman–Crippen LogP) is 2.51. The molecule has 0 saturated carbocycles. The van der Waals surface area contributed by atoms with Crippen LogP contribution in [0.15, 0.2) is 58.6 Å². The third kappa shape index (κ3) is 2.44. The van der Waals surface area contributed by atoms with Crippen molar-refractivity contribution in [1.29, 1.82) is 0 Å². The Balaban J connectivity index is 1.95. The smallest absolute Gasteiger partial charge is 0.207 e. The van der Waals surface area contributed by atoms with E-state index >= 15 is 0 Å². The molecule has 0 spiro atoms. The molecule has 0 atom stereocenters. The molecule has 0 bridgehead atoms. The molecule has 102 valence electrons. The Morgan fingerprint density at radius 3 is 2.80 bits per heavy atom. The number of thioether (sulfide) groups is 1. The molecule has 0 aliphatic carbocycles. The second-order valence-corrected chi connectivity index (χ2v) is 5.72. The highest BCUT2D eigenvalue weighted by molar-refractivity contribution is 8.03. The third-order valence-electron chi connectivity index (χ3n) is 3.36. The molecule has 1 N–H and O–H groups in total. The zero-order chi connectivity index (χ0) is 13.9. The Morgan fingerprint density at radius 1 is 1.20 bits per heavy atom. The predicted molar refractivity (Wildman–Crippen MR) is 82.4 cm³/mol. The molecule has 0 fully saturated rings. The third-order valence-corrected chi connectivity index (χ3v) is 4.53. The lowest BCUT2D eigenvalue weighted by atomic mass is 10.3. The van der Waals surface area contributed by atoms with Crippen LogP contribution >= 0.6 is 11.8 Å². The molecule has 20 heavy (non-hydrogen) atoms. The van der Waals surface area contributed by atoms with Crippen molar-refractivity contribution in [2.45, 2.75) is 11.4 Å². The first kappa shape index (κ1) is 13.2. The van der Waals surface area contributed by atoms with E-state index in [1.807, 2.05) is 18.3 Å². The molecule has 0 saturated heterocycles. The first-order chi connectivity index (χ1) is 9.79. The standard InChI is InChI=1S/C16H17N2OS/c1-17-14-7-2-3-8-15(14)20-16(17)12-13-6-4-5-9-18(13)10-11-19/h2-9,12,19H,10-11H2,1H3/q+1. The molecule has 2 heterocycles. The normalized spacial score (nSPS) is 15.7. The number of hydrogen-bond donors (Lipinski definition) is 1. The van der Waals surface area contributed by atoms with Crippen LogP contribution in [0, 0.1) is 0 Å². The number of rotatable bonds is 3. The minimum Gasteiger partial charge on any atom is -0.390 e. The summed E-state index contributed by atoms with van der Waals surface area (Å²) >= 11 is 1.78. The van der Waals surface area contributed by atoms with E-state index in [2.05, 4.69) is 52.9 Å². The number of hydrogen-bond acceptors (Lipinski definition) is 3. The summed E-state index contributed by atoms with van der Waals surface area (Å²) in [6.45, 7) is 0.759. The molecule has 0 unspecified atom stereocenters. The monoisotopic (exact) mass is 285 g/mol. The van der Waals surface area contributed by atoms with Crippen LogP contribution in [0.2, 0.25) is 0 Å². The molecule has 1 aliphatic rings. The summed E-state index contributed by atoms with van der Waals surface area (Å²) in [7, 11) is 2.09. The second kappa shape index (κ2) is 5.69. The van der Waals surface area contributed by atoms with Crippen molar-refractivity contribution in [3.8, 4) is 0 Å². The molecule has 1 aliphatic heterocycles. The SMILES string of the molecule is CN1/C(=C\c2cccc[n+]2CCO)Sc2ccccc21. The molecule has 0 amide bonds. The molecule has 2 aromatic rings. The maximum atomic E-state index is 9.14. The summed E-state index contributed by atoms with van der Waals surface area (Å²) in [6, 6.07) is 14.5. The van der Waals surface area contributed by atoms with Crippen LogP contribution in [0.1, 0.15) is 5.69 Å². The number of fused-ring (bicyclic) bond motifs is 1. The summed E-state index contributed by atoms with van der Waals surface area (Å²) < 4.78 is 2.06. The summed E-state index contributed by atoms with van der Waals surface area (Å²) in [4.78, 5) is 3.49. The van der Waals surface area contributed by atoms with Gasteiger partial charge in [0.15, 0.2) is 12.7 Å². The van der Waals surface area contributed by atoms with Crippen molar-refractivity contribution in [3.63, 3.8) is 0 Å². The van der Waals surface area contributed by atoms with E-state index in [1.54, 1.807) is 11.8 Å². The number of para-hydroxylation sites is 1. The van der Waals surface area contributed by atoms with Crippen molar-refractivity contribution >= 4 is 23.5 Å². The van der Waals surface area contributed by atoms with Gasteiger partial charge in [0.05, 0.1) is 10.7 Å². The van der Waals surface area contributed by atoms with Crippen LogP contribution in [0.25, 0.3) is 6.08 Å². The highest BCUT2D eigenvalue weighted by Crippen LogP contribution is 2.45. The Morgan fingerprint density at radius 2 is 2.00 bits per heavy atom. The van der Waals surface area contributed by atoms with E-state index < -0.39 is 0 Å². The van der Waals surface area contributed by atoms with Gasteiger partial charge in [0.2, 0.25) is 5.69 Å². The van der Waals surface area contributed by atoms with E-state index in [-0.39, 0.29) is 6.61 Å². The largest absolute Gasteiger partial charge is 0.390 e. The fraction of sp³-hybridized carbons (Fsp3) is 0.188. The average Bonchev–Trinajstić information content (AvgIpc) is 2.79. The maximum absolute atomic E-state index is 9.14. The first-order valence-electron chi connectivity index (χ1n) is 6.61. The van der Waals surface area contributed by atoms with Gasteiger partial charge in [-0.2, -0.15) is 4.57 Å². The molecule has 0 radical (unpaired) electrons. The number of aliphatic hydroxyl groups is 1. The number of aromatic nitrogens is 1.